The van der Waals surface area contributed by atoms with E-state index in [4.69, 9.17) is 0 Å². The van der Waals surface area contributed by atoms with Crippen molar-refractivity contribution in [2.75, 3.05) is 13.1 Å². The fourth-order valence-electron chi connectivity index (χ4n) is 3.86. The molecule has 0 unspecified atom stereocenters. The van der Waals surface area contributed by atoms with Crippen LogP contribution in [0.25, 0.3) is 0 Å². The molecule has 5 heteroatoms. The molecule has 1 aliphatic heterocycles. The van der Waals surface area contributed by atoms with Gasteiger partial charge in [0.1, 0.15) is 0 Å². The van der Waals surface area contributed by atoms with Crippen LogP contribution in [0, 0.1) is 5.92 Å². The predicted octanol–water partition coefficient (Wildman–Crippen LogP) is 3.41. The Morgan fingerprint density at radius 2 is 1.92 bits per heavy atom. The summed E-state index contributed by atoms with van der Waals surface area (Å²) >= 11 is 1.63. The van der Waals surface area contributed by atoms with Crippen molar-refractivity contribution in [3.63, 3.8) is 0 Å². The predicted molar refractivity (Wildman–Crippen MR) is 103 cm³/mol. The van der Waals surface area contributed by atoms with Gasteiger partial charge in [-0.1, -0.05) is 30.3 Å². The number of hydrogen-bond acceptors (Lipinski definition) is 3. The van der Waals surface area contributed by atoms with Gasteiger partial charge in [0.05, 0.1) is 4.88 Å². The smallest absolute Gasteiger partial charge is 0.263 e. The molecule has 0 spiro atoms. The summed E-state index contributed by atoms with van der Waals surface area (Å²) in [6, 6.07) is 12.0. The zero-order valence-corrected chi connectivity index (χ0v) is 15.7. The number of carbonyl (C=O) groups excluding carboxylic acids is 2. The Bertz CT molecular complexity index is 794. The summed E-state index contributed by atoms with van der Waals surface area (Å²) in [5.74, 6) is 0.306. The number of amides is 2. The fourth-order valence-corrected chi connectivity index (χ4v) is 5.03. The second-order valence-electron chi connectivity index (χ2n) is 7.20. The number of benzene rings is 1. The number of nitrogens with zero attached hydrogens (tertiary/aromatic N) is 1. The maximum Gasteiger partial charge on any atom is 0.263 e. The molecule has 2 heterocycles. The first-order chi connectivity index (χ1) is 12.7. The molecule has 1 N–H and O–H groups in total. The number of thiophene rings is 1. The van der Waals surface area contributed by atoms with Crippen molar-refractivity contribution in [3.05, 3.63) is 57.3 Å². The molecule has 136 valence electrons. The van der Waals surface area contributed by atoms with E-state index in [2.05, 4.69) is 5.32 Å². The maximum absolute atomic E-state index is 12.6. The molecule has 1 saturated heterocycles. The molecule has 1 atom stereocenters. The lowest BCUT2D eigenvalue weighted by atomic mass is 9.87. The Kier molecular flexibility index (Phi) is 5.07. The molecule has 1 aromatic heterocycles. The SMILES string of the molecule is O=C(NCc1ccccc1)[C@H]1CCc2sc(C(=O)N3CCCC3)cc2C1. The van der Waals surface area contributed by atoms with E-state index >= 15 is 0 Å². The molecule has 2 aliphatic rings. The van der Waals surface area contributed by atoms with Crippen LogP contribution in [0.15, 0.2) is 36.4 Å². The van der Waals surface area contributed by atoms with Crippen LogP contribution in [0.3, 0.4) is 0 Å². The van der Waals surface area contributed by atoms with Crippen LogP contribution in [0.5, 0.6) is 0 Å². The van der Waals surface area contributed by atoms with Gasteiger partial charge >= 0.3 is 0 Å². The highest BCUT2D eigenvalue weighted by atomic mass is 32.1. The van der Waals surface area contributed by atoms with Crippen molar-refractivity contribution in [1.82, 2.24) is 10.2 Å². The lowest BCUT2D eigenvalue weighted by molar-refractivity contribution is -0.125. The van der Waals surface area contributed by atoms with Crippen molar-refractivity contribution in [2.45, 2.75) is 38.6 Å². The van der Waals surface area contributed by atoms with Crippen LogP contribution in [0.2, 0.25) is 0 Å². The molecule has 2 amide bonds. The number of nitrogens with one attached hydrogen (secondary N) is 1. The van der Waals surface area contributed by atoms with Crippen LogP contribution >= 0.6 is 11.3 Å². The third-order valence-electron chi connectivity index (χ3n) is 5.37. The van der Waals surface area contributed by atoms with Gasteiger partial charge in [-0.2, -0.15) is 0 Å². The van der Waals surface area contributed by atoms with E-state index in [0.29, 0.717) is 6.54 Å². The monoisotopic (exact) mass is 368 g/mol. The van der Waals surface area contributed by atoms with Gasteiger partial charge in [0.2, 0.25) is 5.91 Å². The second-order valence-corrected chi connectivity index (χ2v) is 8.34. The summed E-state index contributed by atoms with van der Waals surface area (Å²) in [7, 11) is 0. The van der Waals surface area contributed by atoms with Gasteiger partial charge < -0.3 is 10.2 Å². The molecular weight excluding hydrogens is 344 g/mol. The largest absolute Gasteiger partial charge is 0.352 e. The number of fused-ring (bicyclic) bond motifs is 1. The van der Waals surface area contributed by atoms with Gasteiger partial charge in [-0.3, -0.25) is 9.59 Å². The van der Waals surface area contributed by atoms with Crippen molar-refractivity contribution < 1.29 is 9.59 Å². The van der Waals surface area contributed by atoms with E-state index in [1.807, 2.05) is 41.3 Å². The first kappa shape index (κ1) is 17.3. The number of hydrogen-bond donors (Lipinski definition) is 1. The van der Waals surface area contributed by atoms with Gasteiger partial charge in [0.25, 0.3) is 5.91 Å². The molecule has 1 aromatic carbocycles. The normalized spacial score (nSPS) is 19.2. The Morgan fingerprint density at radius 3 is 2.69 bits per heavy atom. The first-order valence-electron chi connectivity index (χ1n) is 9.43. The third kappa shape index (κ3) is 3.68. The summed E-state index contributed by atoms with van der Waals surface area (Å²) in [6.07, 6.45) is 4.74. The number of rotatable bonds is 4. The van der Waals surface area contributed by atoms with E-state index in [1.165, 1.54) is 10.4 Å². The molecule has 1 aliphatic carbocycles. The van der Waals surface area contributed by atoms with Crippen molar-refractivity contribution in [3.8, 4) is 0 Å². The van der Waals surface area contributed by atoms with Crippen LogP contribution in [0.4, 0.5) is 0 Å². The Hall–Kier alpha value is -2.14. The molecule has 4 rings (SSSR count). The average molecular weight is 369 g/mol. The average Bonchev–Trinajstić information content (AvgIpc) is 3.35. The standard InChI is InChI=1S/C21H24N2O2S/c24-20(22-14-15-6-2-1-3-7-15)16-8-9-18-17(12-16)13-19(26-18)21(25)23-10-4-5-11-23/h1-3,6-7,13,16H,4-5,8-12,14H2,(H,22,24)/t16-/m0/s1. The zero-order chi connectivity index (χ0) is 17.9. The summed E-state index contributed by atoms with van der Waals surface area (Å²) in [5.41, 5.74) is 2.31. The highest BCUT2D eigenvalue weighted by Crippen LogP contribution is 2.33. The lowest BCUT2D eigenvalue weighted by Crippen LogP contribution is -2.33. The minimum absolute atomic E-state index is 0.00977. The maximum atomic E-state index is 12.6. The van der Waals surface area contributed by atoms with Gasteiger partial charge in [-0.25, -0.2) is 0 Å². The molecule has 1 fully saturated rings. The van der Waals surface area contributed by atoms with Crippen LogP contribution < -0.4 is 5.32 Å². The van der Waals surface area contributed by atoms with Crippen LogP contribution in [-0.2, 0) is 24.2 Å². The summed E-state index contributed by atoms with van der Waals surface area (Å²) in [5, 5.41) is 3.06. The summed E-state index contributed by atoms with van der Waals surface area (Å²) < 4.78 is 0. The lowest BCUT2D eigenvalue weighted by Gasteiger charge is -2.21. The molecule has 0 saturated carbocycles. The van der Waals surface area contributed by atoms with E-state index in [0.717, 1.165) is 55.6 Å². The van der Waals surface area contributed by atoms with Gasteiger partial charge in [0, 0.05) is 30.4 Å². The van der Waals surface area contributed by atoms with Crippen LogP contribution in [0.1, 0.15) is 44.9 Å². The number of carbonyl (C=O) groups is 2. The highest BCUT2D eigenvalue weighted by molar-refractivity contribution is 7.14. The van der Waals surface area contributed by atoms with E-state index in [9.17, 15) is 9.59 Å². The Balaban J connectivity index is 1.38. The van der Waals surface area contributed by atoms with Crippen molar-refractivity contribution >= 4 is 23.2 Å². The zero-order valence-electron chi connectivity index (χ0n) is 14.9. The molecule has 0 radical (unpaired) electrons. The summed E-state index contributed by atoms with van der Waals surface area (Å²) in [4.78, 5) is 29.2. The molecule has 26 heavy (non-hydrogen) atoms. The van der Waals surface area contributed by atoms with Crippen molar-refractivity contribution in [1.29, 1.82) is 0 Å². The van der Waals surface area contributed by atoms with Gasteiger partial charge in [-0.15, -0.1) is 11.3 Å². The quantitative estimate of drug-likeness (QED) is 0.899. The molecule has 4 nitrogen and oxygen atoms in total. The third-order valence-corrected chi connectivity index (χ3v) is 6.59. The number of likely N-dealkylation sites (tertiary alicyclic amines) is 1. The molecule has 2 aromatic rings. The summed E-state index contributed by atoms with van der Waals surface area (Å²) in [6.45, 7) is 2.34. The van der Waals surface area contributed by atoms with Crippen LogP contribution in [-0.4, -0.2) is 29.8 Å². The fraction of sp³-hybridized carbons (Fsp3) is 0.429. The Morgan fingerprint density at radius 1 is 1.15 bits per heavy atom. The molecular formula is C21H24N2O2S. The first-order valence-corrected chi connectivity index (χ1v) is 10.2. The highest BCUT2D eigenvalue weighted by Gasteiger charge is 2.29. The van der Waals surface area contributed by atoms with Gasteiger partial charge in [-0.05, 0) is 49.3 Å². The second kappa shape index (κ2) is 7.62. The Labute approximate surface area is 158 Å². The van der Waals surface area contributed by atoms with E-state index in [1.54, 1.807) is 11.3 Å². The topological polar surface area (TPSA) is 49.4 Å². The minimum atomic E-state index is 0.00977. The minimum Gasteiger partial charge on any atom is -0.352 e. The number of aryl methyl sites for hydroxylation is 1. The van der Waals surface area contributed by atoms with E-state index in [-0.39, 0.29) is 17.7 Å². The van der Waals surface area contributed by atoms with Crippen molar-refractivity contribution in [2.24, 2.45) is 5.92 Å². The van der Waals surface area contributed by atoms with Gasteiger partial charge in [0.15, 0.2) is 0 Å². The molecule has 0 bridgehead atoms. The van der Waals surface area contributed by atoms with E-state index < -0.39 is 0 Å².